The number of amides is 1. The minimum atomic E-state index is -0.459. The molecule has 1 aromatic heterocycles. The highest BCUT2D eigenvalue weighted by Crippen LogP contribution is 2.36. The molecule has 1 aromatic carbocycles. The molecule has 4 heterocycles. The topological polar surface area (TPSA) is 81.7 Å². The van der Waals surface area contributed by atoms with E-state index in [-0.39, 0.29) is 34.8 Å². The Labute approximate surface area is 232 Å². The molecule has 2 aromatic rings. The average molecular weight is 602 g/mol. The van der Waals surface area contributed by atoms with Crippen LogP contribution in [0.4, 0.5) is 10.5 Å². The molecule has 3 aliphatic rings. The number of para-hydroxylation sites is 1. The van der Waals surface area contributed by atoms with Gasteiger partial charge in [-0.1, -0.05) is 29.8 Å². The number of rotatable bonds is 5. The summed E-state index contributed by atoms with van der Waals surface area (Å²) in [7, 11) is 0. The zero-order valence-corrected chi connectivity index (χ0v) is 24.2. The predicted molar refractivity (Wildman–Crippen MR) is 138 cm³/mol. The molecule has 3 aliphatic heterocycles. The van der Waals surface area contributed by atoms with Crippen LogP contribution in [0, 0.1) is 5.92 Å². The second-order valence-corrected chi connectivity index (χ2v) is 11.8. The highest BCUT2D eigenvalue weighted by molar-refractivity contribution is 7.18. The molecule has 0 spiro atoms. The van der Waals surface area contributed by atoms with Crippen LogP contribution < -0.4 is 22.3 Å². The molecule has 2 bridgehead atoms. The maximum atomic E-state index is 12.5. The zero-order chi connectivity index (χ0) is 25.6. The molecule has 1 atom stereocenters. The highest BCUT2D eigenvalue weighted by atomic mass is 79.9. The Morgan fingerprint density at radius 2 is 1.72 bits per heavy atom. The Bertz CT molecular complexity index is 1030. The fourth-order valence-electron chi connectivity index (χ4n) is 4.58. The van der Waals surface area contributed by atoms with Crippen molar-refractivity contribution in [2.45, 2.75) is 52.2 Å². The van der Waals surface area contributed by atoms with Gasteiger partial charge >= 0.3 is 12.1 Å². The molecule has 10 heteroatoms. The van der Waals surface area contributed by atoms with Gasteiger partial charge in [-0.2, -0.15) is 0 Å². The molecule has 1 amide bonds. The van der Waals surface area contributed by atoms with E-state index in [0.29, 0.717) is 16.8 Å². The van der Waals surface area contributed by atoms with Crippen LogP contribution in [-0.2, 0) is 14.3 Å². The van der Waals surface area contributed by atoms with Crippen LogP contribution in [0.2, 0.25) is 4.34 Å². The number of quaternary nitrogens is 1. The summed E-state index contributed by atoms with van der Waals surface area (Å²) in [6, 6.07) is 12.8. The van der Waals surface area contributed by atoms with Crippen molar-refractivity contribution in [2.75, 3.05) is 31.5 Å². The van der Waals surface area contributed by atoms with Gasteiger partial charge in [0.25, 0.3) is 0 Å². The number of Topliss-reactive ketones (excluding diaryl/α,β-unsaturated/α-hetero) is 1. The SMILES string of the molecule is CC(=O)O[C@H]1C[N+]2(CC(=O)c3ccc(Cl)s3)CCC1CC2.CC(C)(C)OC(=O)Nc1ccccc1.[Br-]. The molecule has 3 fully saturated rings. The fourth-order valence-corrected chi connectivity index (χ4v) is 5.55. The lowest BCUT2D eigenvalue weighted by molar-refractivity contribution is -0.938. The number of esters is 1. The van der Waals surface area contributed by atoms with Gasteiger partial charge in [-0.3, -0.25) is 14.9 Å². The van der Waals surface area contributed by atoms with Crippen LogP contribution in [0.3, 0.4) is 0 Å². The highest BCUT2D eigenvalue weighted by Gasteiger charge is 2.48. The first-order valence-corrected chi connectivity index (χ1v) is 13.0. The van der Waals surface area contributed by atoms with Crippen molar-refractivity contribution >= 4 is 46.5 Å². The summed E-state index contributed by atoms with van der Waals surface area (Å²) in [6.07, 6.45) is 1.63. The van der Waals surface area contributed by atoms with E-state index in [1.807, 2.05) is 51.1 Å². The zero-order valence-electron chi connectivity index (χ0n) is 21.1. The van der Waals surface area contributed by atoms with Gasteiger partial charge in [-0.05, 0) is 45.0 Å². The van der Waals surface area contributed by atoms with Crippen LogP contribution in [0.15, 0.2) is 42.5 Å². The summed E-state index contributed by atoms with van der Waals surface area (Å²) >= 11 is 7.25. The Kier molecular flexibility index (Phi) is 11.0. The van der Waals surface area contributed by atoms with Gasteiger partial charge in [0.05, 0.1) is 22.3 Å². The second kappa shape index (κ2) is 13.0. The summed E-state index contributed by atoms with van der Waals surface area (Å²) in [5.41, 5.74) is 0.278. The first-order chi connectivity index (χ1) is 16.4. The Hall–Kier alpha value is -1.94. The normalized spacial score (nSPS) is 22.4. The molecule has 36 heavy (non-hydrogen) atoms. The van der Waals surface area contributed by atoms with E-state index in [4.69, 9.17) is 21.1 Å². The molecule has 0 aliphatic carbocycles. The summed E-state index contributed by atoms with van der Waals surface area (Å²) < 4.78 is 11.9. The predicted octanol–water partition coefficient (Wildman–Crippen LogP) is 2.79. The molecule has 3 saturated heterocycles. The first-order valence-electron chi connectivity index (χ1n) is 11.8. The van der Waals surface area contributed by atoms with E-state index >= 15 is 0 Å². The van der Waals surface area contributed by atoms with Crippen molar-refractivity contribution in [2.24, 2.45) is 5.92 Å². The molecule has 0 radical (unpaired) electrons. The third-order valence-corrected chi connectivity index (χ3v) is 7.38. The molecule has 1 N–H and O–H groups in total. The lowest BCUT2D eigenvalue weighted by Gasteiger charge is -2.51. The second-order valence-electron chi connectivity index (χ2n) is 10.1. The summed E-state index contributed by atoms with van der Waals surface area (Å²) in [5.74, 6) is 0.400. The molecule has 5 rings (SSSR count). The minimum Gasteiger partial charge on any atom is -1.00 e. The summed E-state index contributed by atoms with van der Waals surface area (Å²) in [6.45, 7) is 10.2. The fraction of sp³-hybridized carbons (Fsp3) is 0.500. The van der Waals surface area contributed by atoms with Gasteiger partial charge in [0.2, 0.25) is 5.78 Å². The van der Waals surface area contributed by atoms with Crippen molar-refractivity contribution in [1.29, 1.82) is 0 Å². The van der Waals surface area contributed by atoms with Crippen LogP contribution in [-0.4, -0.2) is 60.2 Å². The molecular formula is C26H34BrClN2O5S. The molecular weight excluding hydrogens is 568 g/mol. The van der Waals surface area contributed by atoms with E-state index in [2.05, 4.69) is 5.32 Å². The lowest BCUT2D eigenvalue weighted by atomic mass is 9.83. The number of anilines is 1. The van der Waals surface area contributed by atoms with E-state index in [1.54, 1.807) is 12.1 Å². The van der Waals surface area contributed by atoms with Gasteiger partial charge in [0, 0.05) is 31.4 Å². The number of nitrogens with one attached hydrogen (secondary N) is 1. The van der Waals surface area contributed by atoms with E-state index in [9.17, 15) is 14.4 Å². The van der Waals surface area contributed by atoms with Crippen molar-refractivity contribution in [3.05, 3.63) is 51.7 Å². The Morgan fingerprint density at radius 3 is 2.25 bits per heavy atom. The number of thiophene rings is 1. The number of ketones is 1. The summed E-state index contributed by atoms with van der Waals surface area (Å²) in [5, 5.41) is 2.64. The molecule has 0 saturated carbocycles. The number of benzene rings is 1. The van der Waals surface area contributed by atoms with Crippen LogP contribution in [0.1, 0.15) is 50.2 Å². The van der Waals surface area contributed by atoms with Crippen molar-refractivity contribution in [3.8, 4) is 0 Å². The number of nitrogens with zero attached hydrogens (tertiary/aromatic N) is 1. The number of hydrogen-bond donors (Lipinski definition) is 1. The average Bonchev–Trinajstić information content (AvgIpc) is 3.20. The van der Waals surface area contributed by atoms with Crippen molar-refractivity contribution in [3.63, 3.8) is 0 Å². The van der Waals surface area contributed by atoms with Gasteiger partial charge in [0.1, 0.15) is 18.7 Å². The lowest BCUT2D eigenvalue weighted by Crippen LogP contribution is -3.00. The Balaban J connectivity index is 0.000000268. The minimum absolute atomic E-state index is 0. The number of fused-ring (bicyclic) bond motifs is 3. The van der Waals surface area contributed by atoms with Gasteiger partial charge in [0.15, 0.2) is 6.10 Å². The third-order valence-electron chi connectivity index (χ3n) is 6.10. The standard InChI is InChI=1S/C15H19ClNO3S.C11H15NO2.BrH/c1-10(18)20-13-9-17(6-4-11(13)5-7-17)8-12(19)14-2-3-15(16)21-14;1-11(2,3)14-10(13)12-9-7-5-4-6-8-9;/h2-3,11,13H,4-9H2,1H3;4-8H,1-3H3,(H,12,13);1H/q+1;;/p-1/t11?,13-,17?;;/m0../s1. The molecule has 7 nitrogen and oxygen atoms in total. The van der Waals surface area contributed by atoms with Crippen molar-refractivity contribution < 1.29 is 45.3 Å². The maximum absolute atomic E-state index is 12.5. The van der Waals surface area contributed by atoms with Crippen LogP contribution in [0.5, 0.6) is 0 Å². The maximum Gasteiger partial charge on any atom is 0.412 e. The number of carbonyl (C=O) groups excluding carboxylic acids is 3. The first kappa shape index (κ1) is 30.3. The number of carbonyl (C=O) groups is 3. The largest absolute Gasteiger partial charge is 1.00 e. The number of piperidine rings is 3. The van der Waals surface area contributed by atoms with Crippen LogP contribution >= 0.6 is 22.9 Å². The van der Waals surface area contributed by atoms with Gasteiger partial charge in [-0.25, -0.2) is 4.79 Å². The number of hydrogen-bond acceptors (Lipinski definition) is 6. The van der Waals surface area contributed by atoms with Crippen LogP contribution in [0.25, 0.3) is 0 Å². The third kappa shape index (κ3) is 9.18. The summed E-state index contributed by atoms with van der Waals surface area (Å²) in [4.78, 5) is 35.7. The molecule has 0 unspecified atom stereocenters. The van der Waals surface area contributed by atoms with Crippen molar-refractivity contribution in [1.82, 2.24) is 0 Å². The monoisotopic (exact) mass is 600 g/mol. The smallest absolute Gasteiger partial charge is 0.412 e. The Morgan fingerprint density at radius 1 is 1.08 bits per heavy atom. The van der Waals surface area contributed by atoms with E-state index in [0.717, 1.165) is 47.5 Å². The number of halogens is 2. The van der Waals surface area contributed by atoms with Gasteiger partial charge in [-0.15, -0.1) is 11.3 Å². The van der Waals surface area contributed by atoms with E-state index in [1.165, 1.54) is 18.3 Å². The quantitative estimate of drug-likeness (QED) is 0.324. The number of ether oxygens (including phenoxy) is 2. The molecule has 198 valence electrons. The van der Waals surface area contributed by atoms with Gasteiger partial charge < -0.3 is 30.9 Å². The van der Waals surface area contributed by atoms with E-state index < -0.39 is 11.7 Å².